The number of hydrogen-bond acceptors (Lipinski definition) is 7. The molecule has 10 nitrogen and oxygen atoms in total. The molecule has 0 bridgehead atoms. The smallest absolute Gasteiger partial charge is 0.338 e. The van der Waals surface area contributed by atoms with Crippen LogP contribution < -0.4 is 14.8 Å². The maximum atomic E-state index is 13.3. The summed E-state index contributed by atoms with van der Waals surface area (Å²) >= 11 is 0. The van der Waals surface area contributed by atoms with E-state index in [0.29, 0.717) is 66.6 Å². The fourth-order valence-electron chi connectivity index (χ4n) is 4.73. The Morgan fingerprint density at radius 2 is 1.61 bits per heavy atom. The van der Waals surface area contributed by atoms with Crippen LogP contribution in [-0.4, -0.2) is 93.2 Å². The Kier molecular flexibility index (Phi) is 8.52. The van der Waals surface area contributed by atoms with E-state index >= 15 is 0 Å². The quantitative estimate of drug-likeness (QED) is 0.532. The van der Waals surface area contributed by atoms with Gasteiger partial charge in [0.1, 0.15) is 11.5 Å². The molecule has 0 aliphatic carbocycles. The van der Waals surface area contributed by atoms with Gasteiger partial charge in [-0.25, -0.2) is 9.59 Å². The SMILES string of the molecule is CCOC(=O)C1=C(CN2CCN(C(=O)c3ccccc3)CC2)N(C)C(=O)N[C@@H]1c1cc(OC)cc(OC)c1. The Labute approximate surface area is 222 Å². The average Bonchev–Trinajstić information content (AvgIpc) is 2.95. The fourth-order valence-corrected chi connectivity index (χ4v) is 4.73. The number of methoxy groups -OCH3 is 2. The van der Waals surface area contributed by atoms with E-state index in [1.165, 1.54) is 4.90 Å². The zero-order chi connectivity index (χ0) is 27.2. The molecule has 4 rings (SSSR count). The molecule has 2 aromatic carbocycles. The molecule has 2 aliphatic rings. The molecule has 1 fully saturated rings. The van der Waals surface area contributed by atoms with Crippen LogP contribution >= 0.6 is 0 Å². The number of ether oxygens (including phenoxy) is 3. The van der Waals surface area contributed by atoms with Crippen molar-refractivity contribution in [1.29, 1.82) is 0 Å². The van der Waals surface area contributed by atoms with Gasteiger partial charge < -0.3 is 24.4 Å². The minimum absolute atomic E-state index is 0.00197. The summed E-state index contributed by atoms with van der Waals surface area (Å²) in [6, 6.07) is 13.4. The Morgan fingerprint density at radius 3 is 2.18 bits per heavy atom. The van der Waals surface area contributed by atoms with Gasteiger partial charge in [0.15, 0.2) is 0 Å². The highest BCUT2D eigenvalue weighted by molar-refractivity contribution is 5.95. The zero-order valence-corrected chi connectivity index (χ0v) is 22.2. The maximum absolute atomic E-state index is 13.3. The lowest BCUT2D eigenvalue weighted by atomic mass is 9.93. The summed E-state index contributed by atoms with van der Waals surface area (Å²) in [6.07, 6.45) is 0. The highest BCUT2D eigenvalue weighted by atomic mass is 16.5. The molecule has 0 aromatic heterocycles. The lowest BCUT2D eigenvalue weighted by molar-refractivity contribution is -0.139. The molecule has 1 N–H and O–H groups in total. The molecule has 10 heteroatoms. The third-order valence-corrected chi connectivity index (χ3v) is 6.83. The normalized spacial score (nSPS) is 18.2. The molecular weight excluding hydrogens is 488 g/mol. The minimum Gasteiger partial charge on any atom is -0.497 e. The van der Waals surface area contributed by atoms with E-state index in [9.17, 15) is 14.4 Å². The molecule has 202 valence electrons. The first-order valence-corrected chi connectivity index (χ1v) is 12.6. The van der Waals surface area contributed by atoms with Crippen molar-refractivity contribution in [3.63, 3.8) is 0 Å². The first kappa shape index (κ1) is 27.0. The molecule has 1 atom stereocenters. The zero-order valence-electron chi connectivity index (χ0n) is 22.2. The van der Waals surface area contributed by atoms with Gasteiger partial charge in [0.25, 0.3) is 5.91 Å². The van der Waals surface area contributed by atoms with Gasteiger partial charge in [0.2, 0.25) is 0 Å². The largest absolute Gasteiger partial charge is 0.497 e. The molecule has 1 saturated heterocycles. The number of likely N-dealkylation sites (N-methyl/N-ethyl adjacent to an activating group) is 1. The molecule has 0 radical (unpaired) electrons. The number of carbonyl (C=O) groups excluding carboxylic acids is 3. The number of urea groups is 1. The van der Waals surface area contributed by atoms with E-state index in [-0.39, 0.29) is 18.5 Å². The van der Waals surface area contributed by atoms with E-state index in [0.717, 1.165) is 0 Å². The lowest BCUT2D eigenvalue weighted by Crippen LogP contribution is -2.53. The Hall–Kier alpha value is -4.05. The maximum Gasteiger partial charge on any atom is 0.338 e. The molecule has 2 heterocycles. The van der Waals surface area contributed by atoms with Gasteiger partial charge >= 0.3 is 12.0 Å². The number of nitrogens with zero attached hydrogens (tertiary/aromatic N) is 3. The number of piperazine rings is 1. The predicted molar refractivity (Wildman–Crippen MR) is 141 cm³/mol. The van der Waals surface area contributed by atoms with Crippen molar-refractivity contribution < 1.29 is 28.6 Å². The molecule has 0 unspecified atom stereocenters. The number of nitrogens with one attached hydrogen (secondary N) is 1. The van der Waals surface area contributed by atoms with Crippen LogP contribution in [0.3, 0.4) is 0 Å². The summed E-state index contributed by atoms with van der Waals surface area (Å²) in [7, 11) is 4.73. The first-order chi connectivity index (χ1) is 18.4. The second-order valence-corrected chi connectivity index (χ2v) is 9.10. The summed E-state index contributed by atoms with van der Waals surface area (Å²) < 4.78 is 16.3. The standard InChI is InChI=1S/C28H34N4O6/c1-5-38-27(34)24-23(18-31-11-13-32(14-12-31)26(33)19-9-7-6-8-10-19)30(2)28(35)29-25(24)20-15-21(36-3)17-22(16-20)37-4/h6-10,15-17,25H,5,11-14,18H2,1-4H3,(H,29,35)/t25-/m1/s1. The van der Waals surface area contributed by atoms with Gasteiger partial charge in [-0.3, -0.25) is 14.6 Å². The van der Waals surface area contributed by atoms with Crippen molar-refractivity contribution in [2.75, 3.05) is 60.6 Å². The van der Waals surface area contributed by atoms with E-state index in [1.807, 2.05) is 35.2 Å². The van der Waals surface area contributed by atoms with Crippen LogP contribution in [0.1, 0.15) is 28.9 Å². The number of hydrogen-bond donors (Lipinski definition) is 1. The van der Waals surface area contributed by atoms with Gasteiger partial charge in [-0.05, 0) is 36.8 Å². The fraction of sp³-hybridized carbons (Fsp3) is 0.393. The average molecular weight is 523 g/mol. The Morgan fingerprint density at radius 1 is 0.974 bits per heavy atom. The third kappa shape index (κ3) is 5.75. The predicted octanol–water partition coefficient (Wildman–Crippen LogP) is 2.68. The van der Waals surface area contributed by atoms with Gasteiger partial charge in [0.05, 0.1) is 32.4 Å². The second kappa shape index (κ2) is 12.0. The number of benzene rings is 2. The summed E-state index contributed by atoms with van der Waals surface area (Å²) in [4.78, 5) is 44.7. The Balaban J connectivity index is 1.62. The van der Waals surface area contributed by atoms with Crippen molar-refractivity contribution in [3.05, 3.63) is 70.9 Å². The van der Waals surface area contributed by atoms with Gasteiger partial charge in [-0.1, -0.05) is 18.2 Å². The monoisotopic (exact) mass is 522 g/mol. The summed E-state index contributed by atoms with van der Waals surface area (Å²) in [5.41, 5.74) is 2.21. The van der Waals surface area contributed by atoms with Crippen LogP contribution in [0.4, 0.5) is 4.79 Å². The van der Waals surface area contributed by atoms with Gasteiger partial charge in [-0.15, -0.1) is 0 Å². The van der Waals surface area contributed by atoms with Crippen molar-refractivity contribution in [1.82, 2.24) is 20.0 Å². The van der Waals surface area contributed by atoms with E-state index < -0.39 is 12.0 Å². The van der Waals surface area contributed by atoms with E-state index in [2.05, 4.69) is 10.2 Å². The number of carbonyl (C=O) groups is 3. The van der Waals surface area contributed by atoms with E-state index in [4.69, 9.17) is 14.2 Å². The second-order valence-electron chi connectivity index (χ2n) is 9.10. The lowest BCUT2D eigenvalue weighted by Gasteiger charge is -2.39. The first-order valence-electron chi connectivity index (χ1n) is 12.6. The van der Waals surface area contributed by atoms with Crippen LogP contribution in [0.25, 0.3) is 0 Å². The highest BCUT2D eigenvalue weighted by Crippen LogP contribution is 2.35. The van der Waals surface area contributed by atoms with Crippen LogP contribution in [0.2, 0.25) is 0 Å². The van der Waals surface area contributed by atoms with Crippen molar-refractivity contribution in [3.8, 4) is 11.5 Å². The Bertz CT molecular complexity index is 1180. The topological polar surface area (TPSA) is 101 Å². The number of rotatable bonds is 8. The summed E-state index contributed by atoms with van der Waals surface area (Å²) in [5, 5.41) is 2.93. The molecule has 0 spiro atoms. The molecule has 0 saturated carbocycles. The van der Waals surface area contributed by atoms with Crippen LogP contribution in [0, 0.1) is 0 Å². The van der Waals surface area contributed by atoms with Crippen LogP contribution in [0.15, 0.2) is 59.8 Å². The minimum atomic E-state index is -0.752. The molecule has 3 amide bonds. The summed E-state index contributed by atoms with van der Waals surface area (Å²) in [5.74, 6) is 0.574. The molecular formula is C28H34N4O6. The van der Waals surface area contributed by atoms with Crippen molar-refractivity contribution in [2.24, 2.45) is 0 Å². The highest BCUT2D eigenvalue weighted by Gasteiger charge is 2.38. The van der Waals surface area contributed by atoms with Crippen LogP contribution in [0.5, 0.6) is 11.5 Å². The van der Waals surface area contributed by atoms with Gasteiger partial charge in [0, 0.05) is 57.1 Å². The third-order valence-electron chi connectivity index (χ3n) is 6.83. The number of amides is 3. The van der Waals surface area contributed by atoms with E-state index in [1.54, 1.807) is 46.4 Å². The van der Waals surface area contributed by atoms with Gasteiger partial charge in [-0.2, -0.15) is 0 Å². The van der Waals surface area contributed by atoms with Crippen molar-refractivity contribution in [2.45, 2.75) is 13.0 Å². The molecule has 2 aromatic rings. The molecule has 38 heavy (non-hydrogen) atoms. The van der Waals surface area contributed by atoms with Crippen molar-refractivity contribution >= 4 is 17.9 Å². The molecule has 2 aliphatic heterocycles. The van der Waals surface area contributed by atoms with Crippen LogP contribution in [-0.2, 0) is 9.53 Å². The number of esters is 1. The summed E-state index contributed by atoms with van der Waals surface area (Å²) in [6.45, 7) is 4.58.